The number of aryl methyl sites for hydroxylation is 1. The topological polar surface area (TPSA) is 90.9 Å². The third-order valence-corrected chi connectivity index (χ3v) is 3.75. The molecule has 7 nitrogen and oxygen atoms in total. The molecule has 1 aromatic carbocycles. The van der Waals surface area contributed by atoms with Gasteiger partial charge >= 0.3 is 11.7 Å². The molecule has 0 spiro atoms. The van der Waals surface area contributed by atoms with E-state index in [-0.39, 0.29) is 13.0 Å². The maximum Gasteiger partial charge on any atom is 0.419 e. The molecule has 0 amide bonds. The molecule has 1 saturated heterocycles. The maximum atomic E-state index is 11.8. The molecule has 1 aliphatic heterocycles. The van der Waals surface area contributed by atoms with Crippen LogP contribution in [0.1, 0.15) is 6.42 Å². The van der Waals surface area contributed by atoms with Gasteiger partial charge in [0.15, 0.2) is 5.58 Å². The van der Waals surface area contributed by atoms with Crippen LogP contribution in [0.25, 0.3) is 11.1 Å². The minimum atomic E-state index is -0.991. The minimum absolute atomic E-state index is 0.0249. The number of nitrogens with zero attached hydrogens (tertiary/aromatic N) is 1. The highest BCUT2D eigenvalue weighted by Gasteiger charge is 2.20. The highest BCUT2D eigenvalue weighted by molar-refractivity contribution is 6.32. The molecule has 0 aliphatic carbocycles. The first kappa shape index (κ1) is 14.9. The van der Waals surface area contributed by atoms with E-state index < -0.39 is 11.7 Å². The molecule has 0 saturated carbocycles. The van der Waals surface area contributed by atoms with E-state index in [0.717, 1.165) is 0 Å². The Labute approximate surface area is 130 Å². The number of carboxylic acids is 1. The van der Waals surface area contributed by atoms with Crippen molar-refractivity contribution >= 4 is 28.7 Å². The highest BCUT2D eigenvalue weighted by Crippen LogP contribution is 2.30. The van der Waals surface area contributed by atoms with Gasteiger partial charge in [0.1, 0.15) is 5.75 Å². The molecule has 118 valence electrons. The average Bonchev–Trinajstić information content (AvgIpc) is 2.69. The van der Waals surface area contributed by atoms with E-state index in [1.807, 2.05) is 0 Å². The summed E-state index contributed by atoms with van der Waals surface area (Å²) >= 11 is 6.16. The van der Waals surface area contributed by atoms with Crippen molar-refractivity contribution in [3.63, 3.8) is 0 Å². The Morgan fingerprint density at radius 3 is 2.86 bits per heavy atom. The van der Waals surface area contributed by atoms with Gasteiger partial charge in [0, 0.05) is 18.5 Å². The molecule has 0 bridgehead atoms. The Kier molecular flexibility index (Phi) is 4.08. The highest BCUT2D eigenvalue weighted by atomic mass is 35.5. The number of fused-ring (bicyclic) bond motifs is 1. The van der Waals surface area contributed by atoms with E-state index in [9.17, 15) is 9.59 Å². The van der Waals surface area contributed by atoms with Crippen LogP contribution in [-0.4, -0.2) is 35.5 Å². The zero-order valence-corrected chi connectivity index (χ0v) is 12.3. The van der Waals surface area contributed by atoms with Gasteiger partial charge in [-0.3, -0.25) is 9.36 Å². The Morgan fingerprint density at radius 2 is 2.23 bits per heavy atom. The van der Waals surface area contributed by atoms with Crippen LogP contribution in [-0.2, 0) is 16.1 Å². The first-order valence-corrected chi connectivity index (χ1v) is 7.17. The molecule has 1 aromatic heterocycles. The number of benzene rings is 1. The van der Waals surface area contributed by atoms with Gasteiger partial charge in [-0.15, -0.1) is 0 Å². The van der Waals surface area contributed by atoms with E-state index in [1.165, 1.54) is 4.57 Å². The average molecular weight is 328 g/mol. The van der Waals surface area contributed by atoms with E-state index in [4.69, 9.17) is 30.6 Å². The maximum absolute atomic E-state index is 11.8. The molecule has 22 heavy (non-hydrogen) atoms. The number of carboxylic acid groups (broad SMARTS) is 1. The van der Waals surface area contributed by atoms with Crippen molar-refractivity contribution in [3.8, 4) is 5.75 Å². The number of aliphatic carboxylic acids is 1. The van der Waals surface area contributed by atoms with Crippen LogP contribution in [0.3, 0.4) is 0 Å². The fourth-order valence-corrected chi connectivity index (χ4v) is 2.40. The number of ether oxygens (including phenoxy) is 2. The largest absolute Gasteiger partial charge is 0.491 e. The zero-order chi connectivity index (χ0) is 15.7. The number of hydrogen-bond donors (Lipinski definition) is 1. The van der Waals surface area contributed by atoms with Gasteiger partial charge in [-0.25, -0.2) is 4.79 Å². The Balaban J connectivity index is 1.86. The van der Waals surface area contributed by atoms with E-state index in [2.05, 4.69) is 0 Å². The Hall–Kier alpha value is -1.99. The molecule has 1 fully saturated rings. The first-order chi connectivity index (χ1) is 10.5. The van der Waals surface area contributed by atoms with Gasteiger partial charge in [0.25, 0.3) is 0 Å². The van der Waals surface area contributed by atoms with Crippen molar-refractivity contribution in [2.45, 2.75) is 13.0 Å². The van der Waals surface area contributed by atoms with Crippen molar-refractivity contribution in [1.82, 2.24) is 4.57 Å². The first-order valence-electron chi connectivity index (χ1n) is 6.80. The van der Waals surface area contributed by atoms with Crippen molar-refractivity contribution in [3.05, 3.63) is 27.7 Å². The fraction of sp³-hybridized carbons (Fsp3) is 0.429. The summed E-state index contributed by atoms with van der Waals surface area (Å²) in [6, 6.07) is 3.10. The summed E-state index contributed by atoms with van der Waals surface area (Å²) in [7, 11) is 0. The predicted octanol–water partition coefficient (Wildman–Crippen LogP) is 1.75. The Bertz CT molecular complexity index is 761. The quantitative estimate of drug-likeness (QED) is 0.869. The van der Waals surface area contributed by atoms with E-state index >= 15 is 0 Å². The van der Waals surface area contributed by atoms with Gasteiger partial charge in [0.2, 0.25) is 0 Å². The SMILES string of the molecule is O=C(O)CCn1c(=O)oc2cc(OCC3COC3)c(Cl)cc21. The molecule has 1 N–H and O–H groups in total. The van der Waals surface area contributed by atoms with E-state index in [0.29, 0.717) is 47.6 Å². The van der Waals surface area contributed by atoms with Crippen molar-refractivity contribution in [2.75, 3.05) is 19.8 Å². The number of aromatic nitrogens is 1. The number of hydrogen-bond acceptors (Lipinski definition) is 5. The predicted molar refractivity (Wildman–Crippen MR) is 77.5 cm³/mol. The number of oxazole rings is 1. The van der Waals surface area contributed by atoms with Crippen LogP contribution in [0, 0.1) is 5.92 Å². The lowest BCUT2D eigenvalue weighted by atomic mass is 10.1. The molecule has 0 atom stereocenters. The zero-order valence-electron chi connectivity index (χ0n) is 11.6. The molecular weight excluding hydrogens is 314 g/mol. The molecule has 0 unspecified atom stereocenters. The van der Waals surface area contributed by atoms with Crippen LogP contribution in [0.5, 0.6) is 5.75 Å². The lowest BCUT2D eigenvalue weighted by molar-refractivity contribution is -0.137. The Morgan fingerprint density at radius 1 is 1.45 bits per heavy atom. The van der Waals surface area contributed by atoms with Gasteiger partial charge in [-0.2, -0.15) is 0 Å². The number of rotatable bonds is 6. The molecule has 8 heteroatoms. The fourth-order valence-electron chi connectivity index (χ4n) is 2.18. The third kappa shape index (κ3) is 2.95. The van der Waals surface area contributed by atoms with Crippen molar-refractivity contribution in [1.29, 1.82) is 0 Å². The van der Waals surface area contributed by atoms with Gasteiger partial charge < -0.3 is 19.0 Å². The molecule has 2 aromatic rings. The second-order valence-electron chi connectivity index (χ2n) is 5.13. The van der Waals surface area contributed by atoms with Gasteiger partial charge in [-0.05, 0) is 6.07 Å². The molecule has 0 radical (unpaired) electrons. The van der Waals surface area contributed by atoms with Crippen LogP contribution in [0.2, 0.25) is 5.02 Å². The summed E-state index contributed by atoms with van der Waals surface area (Å²) in [5.74, 6) is -0.828. The van der Waals surface area contributed by atoms with Crippen molar-refractivity contribution < 1.29 is 23.8 Å². The standard InChI is InChI=1S/C14H14ClNO6/c15-9-3-10-12(4-11(9)21-7-8-5-20-6-8)22-14(19)16(10)2-1-13(17)18/h3-4,8H,1-2,5-7H2,(H,17,18). The smallest absolute Gasteiger partial charge is 0.419 e. The summed E-state index contributed by atoms with van der Waals surface area (Å²) in [5, 5.41) is 9.07. The minimum Gasteiger partial charge on any atom is -0.491 e. The monoisotopic (exact) mass is 327 g/mol. The van der Waals surface area contributed by atoms with Crippen LogP contribution >= 0.6 is 11.6 Å². The summed E-state index contributed by atoms with van der Waals surface area (Å²) in [5.41, 5.74) is 0.773. The summed E-state index contributed by atoms with van der Waals surface area (Å²) < 4.78 is 17.1. The lowest BCUT2D eigenvalue weighted by Crippen LogP contribution is -2.32. The van der Waals surface area contributed by atoms with E-state index in [1.54, 1.807) is 12.1 Å². The summed E-state index contributed by atoms with van der Waals surface area (Å²) in [4.78, 5) is 22.4. The van der Waals surface area contributed by atoms with Gasteiger partial charge in [0.05, 0.1) is 36.8 Å². The third-order valence-electron chi connectivity index (χ3n) is 3.45. The molecular formula is C14H14ClNO6. The molecule has 1 aliphatic rings. The summed E-state index contributed by atoms with van der Waals surface area (Å²) in [6.07, 6.45) is -0.175. The van der Waals surface area contributed by atoms with Crippen LogP contribution < -0.4 is 10.5 Å². The number of halogens is 1. The lowest BCUT2D eigenvalue weighted by Gasteiger charge is -2.25. The second kappa shape index (κ2) is 6.02. The van der Waals surface area contributed by atoms with Crippen molar-refractivity contribution in [2.24, 2.45) is 5.92 Å². The molecule has 2 heterocycles. The summed E-state index contributed by atoms with van der Waals surface area (Å²) in [6.45, 7) is 1.84. The molecule has 3 rings (SSSR count). The van der Waals surface area contributed by atoms with Gasteiger partial charge in [-0.1, -0.05) is 11.6 Å². The normalized spacial score (nSPS) is 15.0. The second-order valence-corrected chi connectivity index (χ2v) is 5.54. The number of carbonyl (C=O) groups is 1. The van der Waals surface area contributed by atoms with Crippen LogP contribution in [0.4, 0.5) is 0 Å². The van der Waals surface area contributed by atoms with Crippen LogP contribution in [0.15, 0.2) is 21.3 Å².